The lowest BCUT2D eigenvalue weighted by Crippen LogP contribution is -1.98. The molecule has 0 aliphatic rings. The van der Waals surface area contributed by atoms with E-state index in [1.54, 1.807) is 10.5 Å². The van der Waals surface area contributed by atoms with Crippen molar-refractivity contribution in [1.29, 1.82) is 0 Å². The van der Waals surface area contributed by atoms with Crippen molar-refractivity contribution in [1.82, 2.24) is 14.4 Å². The first-order valence-corrected chi connectivity index (χ1v) is 6.93. The van der Waals surface area contributed by atoms with Gasteiger partial charge in [-0.1, -0.05) is 41.9 Å². The van der Waals surface area contributed by atoms with Gasteiger partial charge >= 0.3 is 5.97 Å². The van der Waals surface area contributed by atoms with Crippen LogP contribution < -0.4 is 0 Å². The van der Waals surface area contributed by atoms with Crippen LogP contribution in [0.25, 0.3) is 28.5 Å². The Labute approximate surface area is 132 Å². The Kier molecular flexibility index (Phi) is 3.69. The molecule has 2 aromatic heterocycles. The van der Waals surface area contributed by atoms with Crippen molar-refractivity contribution >= 4 is 42.7 Å². The Morgan fingerprint density at radius 3 is 2.68 bits per heavy atom. The number of carboxylic acid groups (broad SMARTS) is 1. The van der Waals surface area contributed by atoms with Gasteiger partial charge in [0.25, 0.3) is 0 Å². The molecule has 1 aromatic carbocycles. The van der Waals surface area contributed by atoms with Gasteiger partial charge in [0.1, 0.15) is 10.8 Å². The predicted octanol–water partition coefficient (Wildman–Crippen LogP) is 2.25. The van der Waals surface area contributed by atoms with Crippen LogP contribution in [-0.2, 0) is 4.79 Å². The minimum atomic E-state index is -1.01. The van der Waals surface area contributed by atoms with Gasteiger partial charge in [0, 0.05) is 17.3 Å². The zero-order valence-corrected chi connectivity index (χ0v) is 12.4. The highest BCUT2D eigenvalue weighted by Crippen LogP contribution is 2.27. The summed E-state index contributed by atoms with van der Waals surface area (Å²) in [4.78, 5) is 19.5. The first kappa shape index (κ1) is 14.3. The number of benzene rings is 1. The fourth-order valence-corrected chi connectivity index (χ4v) is 2.43. The van der Waals surface area contributed by atoms with Gasteiger partial charge < -0.3 is 9.58 Å². The Morgan fingerprint density at radius 1 is 1.27 bits per heavy atom. The van der Waals surface area contributed by atoms with Crippen LogP contribution in [0, 0.1) is 0 Å². The van der Waals surface area contributed by atoms with Crippen LogP contribution in [0.4, 0.5) is 0 Å². The number of halogens is 1. The van der Waals surface area contributed by atoms with Crippen molar-refractivity contribution in [3.63, 3.8) is 0 Å². The second-order valence-electron chi connectivity index (χ2n) is 4.74. The largest absolute Gasteiger partial charge is 0.478 e. The number of carboxylic acids is 1. The number of fused-ring (bicyclic) bond motifs is 1. The summed E-state index contributed by atoms with van der Waals surface area (Å²) in [6.07, 6.45) is 2.58. The van der Waals surface area contributed by atoms with E-state index in [9.17, 15) is 4.79 Å². The zero-order valence-electron chi connectivity index (χ0n) is 11.7. The third-order valence-corrected chi connectivity index (χ3v) is 3.59. The monoisotopic (exact) mass is 311 g/mol. The molecule has 0 saturated heterocycles. The second kappa shape index (κ2) is 5.65. The highest BCUT2D eigenvalue weighted by Gasteiger charge is 2.12. The maximum Gasteiger partial charge on any atom is 0.328 e. The van der Waals surface area contributed by atoms with Gasteiger partial charge in [-0.3, -0.25) is 0 Å². The zero-order chi connectivity index (χ0) is 15.7. The average Bonchev–Trinajstić information content (AvgIpc) is 2.83. The third kappa shape index (κ3) is 2.60. The van der Waals surface area contributed by atoms with Gasteiger partial charge in [-0.15, -0.1) is 0 Å². The molecule has 0 aliphatic heterocycles. The summed E-state index contributed by atoms with van der Waals surface area (Å²) in [6, 6.07) is 11.3. The number of nitrogens with zero attached hydrogens (tertiary/aromatic N) is 3. The van der Waals surface area contributed by atoms with Crippen LogP contribution in [-0.4, -0.2) is 33.5 Å². The van der Waals surface area contributed by atoms with E-state index in [4.69, 9.17) is 16.7 Å². The molecular weight excluding hydrogens is 300 g/mol. The van der Waals surface area contributed by atoms with Crippen molar-refractivity contribution in [3.05, 3.63) is 53.3 Å². The van der Waals surface area contributed by atoms with Crippen LogP contribution in [0.5, 0.6) is 0 Å². The van der Waals surface area contributed by atoms with E-state index in [-0.39, 0.29) is 0 Å². The van der Waals surface area contributed by atoms with Gasteiger partial charge in [-0.05, 0) is 12.1 Å². The molecule has 3 rings (SSSR count). The molecule has 7 heteroatoms. The van der Waals surface area contributed by atoms with Gasteiger partial charge in [-0.25, -0.2) is 14.8 Å². The Bertz CT molecular complexity index is 891. The topological polar surface area (TPSA) is 68.0 Å². The van der Waals surface area contributed by atoms with E-state index in [1.807, 2.05) is 38.3 Å². The fraction of sp³-hybridized carbons (Fsp3) is 0. The smallest absolute Gasteiger partial charge is 0.328 e. The molecule has 0 unspecified atom stereocenters. The summed E-state index contributed by atoms with van der Waals surface area (Å²) in [5.41, 5.74) is 2.22. The standard InChI is InChI=1S/C15H11BClN3O2/c16-20-10(6-7-12(21)22)8-11-13(17)18-14(19-15(11)20)9-4-2-1-3-5-9/h1-8H,16H2,(H,21,22)/b7-6+. The number of carbonyl (C=O) groups is 1. The minimum absolute atomic E-state index is 0.342. The maximum absolute atomic E-state index is 10.7. The van der Waals surface area contributed by atoms with Crippen molar-refractivity contribution in [2.24, 2.45) is 0 Å². The molecule has 2 heterocycles. The molecule has 0 aliphatic carbocycles. The third-order valence-electron chi connectivity index (χ3n) is 3.30. The van der Waals surface area contributed by atoms with Crippen LogP contribution >= 0.6 is 11.6 Å². The SMILES string of the molecule is Bn1c(/C=C/C(=O)O)cc2c(Cl)nc(-c3ccccc3)nc21. The van der Waals surface area contributed by atoms with Crippen molar-refractivity contribution < 1.29 is 9.90 Å². The summed E-state index contributed by atoms with van der Waals surface area (Å²) < 4.78 is 1.79. The molecule has 0 fully saturated rings. The molecule has 0 atom stereocenters. The van der Waals surface area contributed by atoms with Gasteiger partial charge in [0.15, 0.2) is 5.82 Å². The van der Waals surface area contributed by atoms with E-state index in [2.05, 4.69) is 9.97 Å². The predicted molar refractivity (Wildman–Crippen MR) is 88.6 cm³/mol. The molecule has 5 nitrogen and oxygen atoms in total. The number of hydrogen-bond donors (Lipinski definition) is 1. The van der Waals surface area contributed by atoms with Crippen molar-refractivity contribution in [3.8, 4) is 11.4 Å². The van der Waals surface area contributed by atoms with Crippen molar-refractivity contribution in [2.75, 3.05) is 0 Å². The molecule has 0 spiro atoms. The summed E-state index contributed by atoms with van der Waals surface area (Å²) in [6.45, 7) is 0. The highest BCUT2D eigenvalue weighted by atomic mass is 35.5. The Hall–Kier alpha value is -2.60. The summed E-state index contributed by atoms with van der Waals surface area (Å²) in [5.74, 6) is -0.472. The Morgan fingerprint density at radius 2 is 2.00 bits per heavy atom. The molecule has 108 valence electrons. The number of aliphatic carboxylic acids is 1. The number of aromatic nitrogens is 3. The molecule has 0 amide bonds. The van der Waals surface area contributed by atoms with E-state index in [1.165, 1.54) is 6.08 Å². The van der Waals surface area contributed by atoms with Crippen LogP contribution in [0.3, 0.4) is 0 Å². The molecule has 1 N–H and O–H groups in total. The lowest BCUT2D eigenvalue weighted by atomic mass is 10.2. The molecule has 0 saturated carbocycles. The molecule has 22 heavy (non-hydrogen) atoms. The van der Waals surface area contributed by atoms with Gasteiger partial charge in [0.2, 0.25) is 7.98 Å². The lowest BCUT2D eigenvalue weighted by molar-refractivity contribution is -0.131. The summed E-state index contributed by atoms with van der Waals surface area (Å²) in [5, 5.41) is 9.77. The number of hydrogen-bond acceptors (Lipinski definition) is 3. The minimum Gasteiger partial charge on any atom is -0.478 e. The van der Waals surface area contributed by atoms with Crippen molar-refractivity contribution in [2.45, 2.75) is 0 Å². The quantitative estimate of drug-likeness (QED) is 0.457. The lowest BCUT2D eigenvalue weighted by Gasteiger charge is -2.04. The van der Waals surface area contributed by atoms with Crippen LogP contribution in [0.1, 0.15) is 5.69 Å². The first-order chi connectivity index (χ1) is 10.6. The summed E-state index contributed by atoms with van der Waals surface area (Å²) in [7, 11) is 1.81. The van der Waals surface area contributed by atoms with Gasteiger partial charge in [0.05, 0.1) is 5.39 Å². The Balaban J connectivity index is 2.18. The fourth-order valence-electron chi connectivity index (χ4n) is 2.21. The molecule has 3 aromatic rings. The average molecular weight is 312 g/mol. The maximum atomic E-state index is 10.7. The molecule has 0 bridgehead atoms. The molecule has 0 radical (unpaired) electrons. The van der Waals surface area contributed by atoms with E-state index >= 15 is 0 Å². The second-order valence-corrected chi connectivity index (χ2v) is 5.10. The van der Waals surface area contributed by atoms with E-state index in [0.29, 0.717) is 27.7 Å². The summed E-state index contributed by atoms with van der Waals surface area (Å²) >= 11 is 6.26. The molecular formula is C15H11BClN3O2. The van der Waals surface area contributed by atoms with E-state index < -0.39 is 5.97 Å². The van der Waals surface area contributed by atoms with E-state index in [0.717, 1.165) is 11.6 Å². The van der Waals surface area contributed by atoms with Crippen LogP contribution in [0.15, 0.2) is 42.5 Å². The number of rotatable bonds is 3. The van der Waals surface area contributed by atoms with Gasteiger partial charge in [-0.2, -0.15) is 0 Å². The normalized spacial score (nSPS) is 11.3. The van der Waals surface area contributed by atoms with Crippen LogP contribution in [0.2, 0.25) is 5.15 Å². The first-order valence-electron chi connectivity index (χ1n) is 6.55. The highest BCUT2D eigenvalue weighted by molar-refractivity contribution is 6.34.